The van der Waals surface area contributed by atoms with Gasteiger partial charge < -0.3 is 5.32 Å². The molecule has 0 spiro atoms. The largest absolute Gasteiger partial charge is 0.352 e. The standard InChI is InChI=1S/C16H20N2OS/c1-11-4-6-14(7-5-11)10-17-15(19)8-9-16-18-12(2)13(3)20-16/h4-7H,8-10H2,1-3H3,(H,17,19). The first-order chi connectivity index (χ1) is 9.54. The zero-order valence-electron chi connectivity index (χ0n) is 12.2. The molecule has 0 aliphatic heterocycles. The molecule has 1 aromatic carbocycles. The third-order valence-corrected chi connectivity index (χ3v) is 4.38. The van der Waals surface area contributed by atoms with Crippen LogP contribution in [-0.2, 0) is 17.8 Å². The van der Waals surface area contributed by atoms with Gasteiger partial charge in [0.2, 0.25) is 5.91 Å². The summed E-state index contributed by atoms with van der Waals surface area (Å²) in [5.74, 6) is 0.0797. The van der Waals surface area contributed by atoms with Crippen molar-refractivity contribution in [3.63, 3.8) is 0 Å². The highest BCUT2D eigenvalue weighted by molar-refractivity contribution is 7.11. The molecule has 0 bridgehead atoms. The van der Waals surface area contributed by atoms with Crippen molar-refractivity contribution in [1.29, 1.82) is 0 Å². The first-order valence-electron chi connectivity index (χ1n) is 6.80. The molecule has 2 aromatic rings. The number of rotatable bonds is 5. The molecule has 0 aliphatic carbocycles. The Hall–Kier alpha value is -1.68. The second-order valence-electron chi connectivity index (χ2n) is 5.01. The number of hydrogen-bond donors (Lipinski definition) is 1. The number of nitrogens with zero attached hydrogens (tertiary/aromatic N) is 1. The molecule has 0 saturated heterocycles. The molecule has 20 heavy (non-hydrogen) atoms. The summed E-state index contributed by atoms with van der Waals surface area (Å²) in [7, 11) is 0. The predicted molar refractivity (Wildman–Crippen MR) is 82.9 cm³/mol. The minimum absolute atomic E-state index is 0.0797. The molecule has 0 saturated carbocycles. The summed E-state index contributed by atoms with van der Waals surface area (Å²) in [4.78, 5) is 17.5. The number of hydrogen-bond acceptors (Lipinski definition) is 3. The Labute approximate surface area is 124 Å². The number of amides is 1. The van der Waals surface area contributed by atoms with Crippen LogP contribution in [0.1, 0.15) is 33.1 Å². The fourth-order valence-corrected chi connectivity index (χ4v) is 2.80. The van der Waals surface area contributed by atoms with Crippen molar-refractivity contribution in [3.05, 3.63) is 51.0 Å². The Kier molecular flexibility index (Phi) is 4.90. The molecular weight excluding hydrogens is 268 g/mol. The van der Waals surface area contributed by atoms with Crippen LogP contribution in [0.5, 0.6) is 0 Å². The maximum atomic E-state index is 11.8. The van der Waals surface area contributed by atoms with Crippen LogP contribution in [-0.4, -0.2) is 10.9 Å². The van der Waals surface area contributed by atoms with Crippen LogP contribution in [0.15, 0.2) is 24.3 Å². The molecule has 1 amide bonds. The molecule has 0 atom stereocenters. The maximum Gasteiger partial charge on any atom is 0.220 e. The number of aryl methyl sites for hydroxylation is 4. The SMILES string of the molecule is Cc1ccc(CNC(=O)CCc2nc(C)c(C)s2)cc1. The van der Waals surface area contributed by atoms with E-state index >= 15 is 0 Å². The molecule has 1 N–H and O–H groups in total. The number of nitrogens with one attached hydrogen (secondary N) is 1. The number of carbonyl (C=O) groups excluding carboxylic acids is 1. The fourth-order valence-electron chi connectivity index (χ4n) is 1.86. The third kappa shape index (κ3) is 4.17. The topological polar surface area (TPSA) is 42.0 Å². The molecule has 1 aromatic heterocycles. The van der Waals surface area contributed by atoms with Gasteiger partial charge in [-0.3, -0.25) is 4.79 Å². The molecular formula is C16H20N2OS. The Morgan fingerprint density at radius 2 is 1.90 bits per heavy atom. The van der Waals surface area contributed by atoms with Crippen molar-refractivity contribution < 1.29 is 4.79 Å². The summed E-state index contributed by atoms with van der Waals surface area (Å²) in [6.45, 7) is 6.72. The number of thiazole rings is 1. The Morgan fingerprint density at radius 3 is 2.50 bits per heavy atom. The van der Waals surface area contributed by atoms with Crippen LogP contribution in [0, 0.1) is 20.8 Å². The van der Waals surface area contributed by atoms with E-state index in [2.05, 4.69) is 36.3 Å². The molecule has 0 aliphatic rings. The lowest BCUT2D eigenvalue weighted by Crippen LogP contribution is -2.22. The van der Waals surface area contributed by atoms with E-state index < -0.39 is 0 Å². The van der Waals surface area contributed by atoms with Crippen LogP contribution in [0.25, 0.3) is 0 Å². The summed E-state index contributed by atoms with van der Waals surface area (Å²) < 4.78 is 0. The van der Waals surface area contributed by atoms with Gasteiger partial charge in [0.1, 0.15) is 0 Å². The molecule has 3 nitrogen and oxygen atoms in total. The molecule has 1 heterocycles. The van der Waals surface area contributed by atoms with Crippen molar-refractivity contribution in [3.8, 4) is 0 Å². The second-order valence-corrected chi connectivity index (χ2v) is 6.30. The van der Waals surface area contributed by atoms with Crippen LogP contribution in [0.3, 0.4) is 0 Å². The first-order valence-corrected chi connectivity index (χ1v) is 7.61. The van der Waals surface area contributed by atoms with Crippen LogP contribution in [0.2, 0.25) is 0 Å². The second kappa shape index (κ2) is 6.66. The van der Waals surface area contributed by atoms with Gasteiger partial charge in [0.15, 0.2) is 0 Å². The third-order valence-electron chi connectivity index (χ3n) is 3.25. The van der Waals surface area contributed by atoms with Gasteiger partial charge in [-0.05, 0) is 26.3 Å². The van der Waals surface area contributed by atoms with E-state index in [0.29, 0.717) is 13.0 Å². The quantitative estimate of drug-likeness (QED) is 0.917. The van der Waals surface area contributed by atoms with Gasteiger partial charge in [0, 0.05) is 24.3 Å². The summed E-state index contributed by atoms with van der Waals surface area (Å²) >= 11 is 1.68. The Balaban J connectivity index is 1.76. The van der Waals surface area contributed by atoms with Crippen molar-refractivity contribution in [2.75, 3.05) is 0 Å². The van der Waals surface area contributed by atoms with Crippen LogP contribution >= 0.6 is 11.3 Å². The lowest BCUT2D eigenvalue weighted by molar-refractivity contribution is -0.121. The number of benzene rings is 1. The first kappa shape index (κ1) is 14.7. The van der Waals surface area contributed by atoms with E-state index in [-0.39, 0.29) is 5.91 Å². The fraction of sp³-hybridized carbons (Fsp3) is 0.375. The van der Waals surface area contributed by atoms with Crippen molar-refractivity contribution in [2.45, 2.75) is 40.2 Å². The van der Waals surface area contributed by atoms with E-state index in [4.69, 9.17) is 0 Å². The van der Waals surface area contributed by atoms with Gasteiger partial charge in [-0.25, -0.2) is 4.98 Å². The highest BCUT2D eigenvalue weighted by atomic mass is 32.1. The van der Waals surface area contributed by atoms with E-state index in [1.807, 2.05) is 19.1 Å². The molecule has 4 heteroatoms. The van der Waals surface area contributed by atoms with Crippen molar-refractivity contribution >= 4 is 17.2 Å². The smallest absolute Gasteiger partial charge is 0.220 e. The lowest BCUT2D eigenvalue weighted by atomic mass is 10.1. The van der Waals surface area contributed by atoms with E-state index in [1.54, 1.807) is 11.3 Å². The maximum absolute atomic E-state index is 11.8. The molecule has 0 radical (unpaired) electrons. The van der Waals surface area contributed by atoms with Gasteiger partial charge in [0.25, 0.3) is 0 Å². The van der Waals surface area contributed by atoms with Gasteiger partial charge in [0.05, 0.1) is 10.7 Å². The Morgan fingerprint density at radius 1 is 1.20 bits per heavy atom. The average molecular weight is 288 g/mol. The Bertz CT molecular complexity index is 568. The zero-order chi connectivity index (χ0) is 14.5. The summed E-state index contributed by atoms with van der Waals surface area (Å²) in [5, 5.41) is 3.99. The van der Waals surface area contributed by atoms with Gasteiger partial charge in [-0.15, -0.1) is 11.3 Å². The number of carbonyl (C=O) groups is 1. The van der Waals surface area contributed by atoms with Crippen LogP contribution in [0.4, 0.5) is 0 Å². The highest BCUT2D eigenvalue weighted by Gasteiger charge is 2.07. The summed E-state index contributed by atoms with van der Waals surface area (Å²) in [6.07, 6.45) is 1.22. The van der Waals surface area contributed by atoms with Gasteiger partial charge >= 0.3 is 0 Å². The predicted octanol–water partition coefficient (Wildman–Crippen LogP) is 3.32. The molecule has 0 unspecified atom stereocenters. The van der Waals surface area contributed by atoms with Gasteiger partial charge in [-0.1, -0.05) is 29.8 Å². The van der Waals surface area contributed by atoms with Gasteiger partial charge in [-0.2, -0.15) is 0 Å². The summed E-state index contributed by atoms with van der Waals surface area (Å²) in [6, 6.07) is 8.21. The monoisotopic (exact) mass is 288 g/mol. The van der Waals surface area contributed by atoms with E-state index in [9.17, 15) is 4.79 Å². The zero-order valence-corrected chi connectivity index (χ0v) is 13.0. The molecule has 2 rings (SSSR count). The minimum Gasteiger partial charge on any atom is -0.352 e. The number of aromatic nitrogens is 1. The van der Waals surface area contributed by atoms with Crippen molar-refractivity contribution in [2.24, 2.45) is 0 Å². The van der Waals surface area contributed by atoms with Crippen LogP contribution < -0.4 is 5.32 Å². The minimum atomic E-state index is 0.0797. The lowest BCUT2D eigenvalue weighted by Gasteiger charge is -2.05. The average Bonchev–Trinajstić information content (AvgIpc) is 2.75. The summed E-state index contributed by atoms with van der Waals surface area (Å²) in [5.41, 5.74) is 3.43. The normalized spacial score (nSPS) is 10.6. The van der Waals surface area contributed by atoms with Crippen molar-refractivity contribution in [1.82, 2.24) is 10.3 Å². The molecule has 106 valence electrons. The highest BCUT2D eigenvalue weighted by Crippen LogP contribution is 2.17. The molecule has 0 fully saturated rings. The van der Waals surface area contributed by atoms with E-state index in [1.165, 1.54) is 10.4 Å². The van der Waals surface area contributed by atoms with E-state index in [0.717, 1.165) is 22.7 Å².